The zero-order valence-corrected chi connectivity index (χ0v) is 8.99. The van der Waals surface area contributed by atoms with Crippen molar-refractivity contribution in [1.82, 2.24) is 0 Å². The van der Waals surface area contributed by atoms with Gasteiger partial charge in [0, 0.05) is 5.69 Å². The number of carbonyl (C=O) groups is 2. The zero-order valence-electron chi connectivity index (χ0n) is 8.99. The lowest BCUT2D eigenvalue weighted by atomic mass is 10.2. The van der Waals surface area contributed by atoms with Gasteiger partial charge in [0.2, 0.25) is 5.91 Å². The highest BCUT2D eigenvalue weighted by Crippen LogP contribution is 2.15. The zero-order chi connectivity index (χ0) is 12.8. The molecule has 0 saturated carbocycles. The van der Waals surface area contributed by atoms with Gasteiger partial charge in [-0.15, -0.1) is 0 Å². The van der Waals surface area contributed by atoms with E-state index in [-0.39, 0.29) is 17.7 Å². The Bertz CT molecular complexity index is 494. The lowest BCUT2D eigenvalue weighted by Gasteiger charge is -2.05. The number of halogens is 1. The molecule has 17 heavy (non-hydrogen) atoms. The van der Waals surface area contributed by atoms with Crippen LogP contribution in [0.15, 0.2) is 18.2 Å². The number of ether oxygens (including phenoxy) is 1. The number of nitrogens with zero attached hydrogens (tertiary/aromatic N) is 1. The quantitative estimate of drug-likeness (QED) is 0.806. The van der Waals surface area contributed by atoms with E-state index in [1.54, 1.807) is 6.07 Å². The number of nitriles is 1. The summed E-state index contributed by atoms with van der Waals surface area (Å²) in [4.78, 5) is 22.1. The number of hydrogen-bond acceptors (Lipinski definition) is 4. The molecule has 88 valence electrons. The van der Waals surface area contributed by atoms with Gasteiger partial charge in [-0.25, -0.2) is 9.18 Å². The molecule has 0 radical (unpaired) electrons. The van der Waals surface area contributed by atoms with Crippen molar-refractivity contribution in [1.29, 1.82) is 5.26 Å². The molecular weight excluding hydrogens is 227 g/mol. The minimum Gasteiger partial charge on any atom is -0.465 e. The van der Waals surface area contributed by atoms with E-state index < -0.39 is 17.7 Å². The van der Waals surface area contributed by atoms with Crippen molar-refractivity contribution in [3.63, 3.8) is 0 Å². The molecule has 0 fully saturated rings. The minimum absolute atomic E-state index is 0.176. The molecule has 1 rings (SSSR count). The van der Waals surface area contributed by atoms with Crippen LogP contribution in [0.4, 0.5) is 10.1 Å². The van der Waals surface area contributed by atoms with Crippen molar-refractivity contribution in [2.75, 3.05) is 12.4 Å². The maximum atomic E-state index is 13.4. The van der Waals surface area contributed by atoms with Crippen molar-refractivity contribution in [2.45, 2.75) is 6.42 Å². The van der Waals surface area contributed by atoms with Gasteiger partial charge < -0.3 is 10.1 Å². The van der Waals surface area contributed by atoms with Crippen LogP contribution in [0.1, 0.15) is 16.8 Å². The van der Waals surface area contributed by atoms with Crippen LogP contribution >= 0.6 is 0 Å². The highest BCUT2D eigenvalue weighted by atomic mass is 19.1. The predicted molar refractivity (Wildman–Crippen MR) is 56.6 cm³/mol. The molecule has 0 unspecified atom stereocenters. The summed E-state index contributed by atoms with van der Waals surface area (Å²) in [7, 11) is 1.14. The molecule has 0 heterocycles. The Kier molecular flexibility index (Phi) is 4.17. The Hall–Kier alpha value is -2.42. The van der Waals surface area contributed by atoms with Crippen LogP contribution in [0.25, 0.3) is 0 Å². The van der Waals surface area contributed by atoms with Crippen molar-refractivity contribution < 1.29 is 18.7 Å². The van der Waals surface area contributed by atoms with Gasteiger partial charge in [-0.2, -0.15) is 5.26 Å². The van der Waals surface area contributed by atoms with Gasteiger partial charge in [-0.1, -0.05) is 0 Å². The van der Waals surface area contributed by atoms with E-state index in [1.807, 2.05) is 0 Å². The molecule has 0 aromatic heterocycles. The van der Waals surface area contributed by atoms with E-state index in [0.29, 0.717) is 0 Å². The Balaban J connectivity index is 2.86. The fraction of sp³-hybridized carbons (Fsp3) is 0.182. The molecule has 6 heteroatoms. The summed E-state index contributed by atoms with van der Waals surface area (Å²) in [6.07, 6.45) is -0.319. The number of carbonyl (C=O) groups excluding carboxylic acids is 2. The first-order chi connectivity index (χ1) is 8.08. The number of hydrogen-bond donors (Lipinski definition) is 1. The SMILES string of the molecule is COC(=O)c1ccc(NC(=O)CC#N)cc1F. The maximum absolute atomic E-state index is 13.4. The number of esters is 1. The number of anilines is 1. The second kappa shape index (κ2) is 5.61. The van der Waals surface area contributed by atoms with Crippen molar-refractivity contribution in [2.24, 2.45) is 0 Å². The molecule has 0 aliphatic carbocycles. The first-order valence-corrected chi connectivity index (χ1v) is 4.63. The fourth-order valence-electron chi connectivity index (χ4n) is 1.15. The molecule has 5 nitrogen and oxygen atoms in total. The highest BCUT2D eigenvalue weighted by Gasteiger charge is 2.12. The van der Waals surface area contributed by atoms with Crippen LogP contribution in [0.3, 0.4) is 0 Å². The first-order valence-electron chi connectivity index (χ1n) is 4.63. The molecule has 1 aromatic carbocycles. The smallest absolute Gasteiger partial charge is 0.340 e. The van der Waals surface area contributed by atoms with E-state index in [2.05, 4.69) is 10.1 Å². The third kappa shape index (κ3) is 3.28. The maximum Gasteiger partial charge on any atom is 0.340 e. The monoisotopic (exact) mass is 236 g/mol. The largest absolute Gasteiger partial charge is 0.465 e. The number of amides is 1. The molecule has 0 aliphatic heterocycles. The van der Waals surface area contributed by atoms with Crippen LogP contribution in [0.2, 0.25) is 0 Å². The Morgan fingerprint density at radius 2 is 2.24 bits per heavy atom. The molecule has 1 N–H and O–H groups in total. The van der Waals surface area contributed by atoms with E-state index in [9.17, 15) is 14.0 Å². The van der Waals surface area contributed by atoms with Crippen molar-refractivity contribution in [3.05, 3.63) is 29.6 Å². The molecular formula is C11H9FN2O3. The van der Waals surface area contributed by atoms with Gasteiger partial charge in [0.05, 0.1) is 18.7 Å². The summed E-state index contributed by atoms with van der Waals surface area (Å²) in [6, 6.07) is 5.20. The van der Waals surface area contributed by atoms with E-state index >= 15 is 0 Å². The van der Waals surface area contributed by atoms with Gasteiger partial charge in [-0.05, 0) is 18.2 Å². The predicted octanol–water partition coefficient (Wildman–Crippen LogP) is 1.46. The summed E-state index contributed by atoms with van der Waals surface area (Å²) in [5.74, 6) is -2.14. The lowest BCUT2D eigenvalue weighted by molar-refractivity contribution is -0.115. The normalized spacial score (nSPS) is 9.24. The summed E-state index contributed by atoms with van der Waals surface area (Å²) >= 11 is 0. The van der Waals surface area contributed by atoms with Crippen LogP contribution in [0, 0.1) is 17.1 Å². The number of benzene rings is 1. The Morgan fingerprint density at radius 3 is 2.76 bits per heavy atom. The minimum atomic E-state index is -0.799. The van der Waals surface area contributed by atoms with Gasteiger partial charge in [0.15, 0.2) is 0 Å². The van der Waals surface area contributed by atoms with E-state index in [1.165, 1.54) is 12.1 Å². The van der Waals surface area contributed by atoms with Gasteiger partial charge in [0.25, 0.3) is 0 Å². The number of methoxy groups -OCH3 is 1. The summed E-state index contributed by atoms with van der Waals surface area (Å²) in [5.41, 5.74) is -0.0406. The highest BCUT2D eigenvalue weighted by molar-refractivity contribution is 5.94. The fourth-order valence-corrected chi connectivity index (χ4v) is 1.15. The number of rotatable bonds is 3. The second-order valence-corrected chi connectivity index (χ2v) is 3.07. The van der Waals surface area contributed by atoms with Crippen LogP contribution < -0.4 is 5.32 Å². The van der Waals surface area contributed by atoms with Crippen LogP contribution in [0.5, 0.6) is 0 Å². The van der Waals surface area contributed by atoms with Crippen LogP contribution in [-0.2, 0) is 9.53 Å². The second-order valence-electron chi connectivity index (χ2n) is 3.07. The number of nitrogens with one attached hydrogen (secondary N) is 1. The molecule has 0 spiro atoms. The van der Waals surface area contributed by atoms with Gasteiger partial charge in [-0.3, -0.25) is 4.79 Å². The average molecular weight is 236 g/mol. The average Bonchev–Trinajstić information content (AvgIpc) is 2.28. The Labute approximate surface area is 96.8 Å². The van der Waals surface area contributed by atoms with Crippen molar-refractivity contribution >= 4 is 17.6 Å². The topological polar surface area (TPSA) is 79.2 Å². The third-order valence-electron chi connectivity index (χ3n) is 1.90. The molecule has 0 bridgehead atoms. The Morgan fingerprint density at radius 1 is 1.53 bits per heavy atom. The molecule has 1 amide bonds. The summed E-state index contributed by atoms with van der Waals surface area (Å²) in [5, 5.41) is 10.6. The lowest BCUT2D eigenvalue weighted by Crippen LogP contribution is -2.11. The summed E-state index contributed by atoms with van der Waals surface area (Å²) < 4.78 is 17.8. The molecule has 0 saturated heterocycles. The first kappa shape index (κ1) is 12.6. The molecule has 1 aromatic rings. The third-order valence-corrected chi connectivity index (χ3v) is 1.90. The van der Waals surface area contributed by atoms with Gasteiger partial charge in [0.1, 0.15) is 12.2 Å². The van der Waals surface area contributed by atoms with E-state index in [0.717, 1.165) is 13.2 Å². The molecule has 0 atom stereocenters. The van der Waals surface area contributed by atoms with Crippen LogP contribution in [-0.4, -0.2) is 19.0 Å². The standard InChI is InChI=1S/C11H9FN2O3/c1-17-11(16)8-3-2-7(6-9(8)12)14-10(15)4-5-13/h2-3,6H,4H2,1H3,(H,14,15). The van der Waals surface area contributed by atoms with E-state index in [4.69, 9.17) is 5.26 Å². The summed E-state index contributed by atoms with van der Waals surface area (Å²) in [6.45, 7) is 0. The van der Waals surface area contributed by atoms with Gasteiger partial charge >= 0.3 is 5.97 Å². The van der Waals surface area contributed by atoms with Crippen molar-refractivity contribution in [3.8, 4) is 6.07 Å². The molecule has 0 aliphatic rings.